The summed E-state index contributed by atoms with van der Waals surface area (Å²) in [4.78, 5) is 0. The fourth-order valence-electron chi connectivity index (χ4n) is 1.54. The van der Waals surface area contributed by atoms with E-state index >= 15 is 0 Å². The lowest BCUT2D eigenvalue weighted by Gasteiger charge is -2.11. The van der Waals surface area contributed by atoms with Crippen LogP contribution in [0.5, 0.6) is 0 Å². The van der Waals surface area contributed by atoms with Gasteiger partial charge in [-0.1, -0.05) is 39.5 Å². The molecule has 0 fully saturated rings. The van der Waals surface area contributed by atoms with Gasteiger partial charge in [0, 0.05) is 13.0 Å². The number of nitrogens with one attached hydrogen (secondary N) is 1. The van der Waals surface area contributed by atoms with Gasteiger partial charge >= 0.3 is 0 Å². The van der Waals surface area contributed by atoms with E-state index in [0.717, 1.165) is 12.8 Å². The minimum atomic E-state index is 0.315. The summed E-state index contributed by atoms with van der Waals surface area (Å²) in [6.45, 7) is 4.33. The number of azo groups is 1. The van der Waals surface area contributed by atoms with E-state index in [1.54, 1.807) is 7.05 Å². The second kappa shape index (κ2) is 8.85. The van der Waals surface area contributed by atoms with Crippen LogP contribution >= 0.6 is 0 Å². The van der Waals surface area contributed by atoms with Gasteiger partial charge in [-0.3, -0.25) is 5.41 Å². The van der Waals surface area contributed by atoms with Crippen LogP contribution in [0, 0.1) is 11.3 Å². The maximum absolute atomic E-state index is 7.67. The molecule has 0 aliphatic carbocycles. The van der Waals surface area contributed by atoms with Gasteiger partial charge in [-0.15, -0.1) is 5.11 Å². The zero-order valence-corrected chi connectivity index (χ0v) is 9.71. The first-order valence-corrected chi connectivity index (χ1v) is 5.64. The smallest absolute Gasteiger partial charge is 0.146 e. The highest BCUT2D eigenvalue weighted by Gasteiger charge is 2.11. The Hall–Kier alpha value is -0.730. The number of nitrogens with zero attached hydrogens (tertiary/aromatic N) is 2. The molecule has 0 spiro atoms. The van der Waals surface area contributed by atoms with Crippen molar-refractivity contribution in [3.63, 3.8) is 0 Å². The van der Waals surface area contributed by atoms with Crippen LogP contribution < -0.4 is 0 Å². The van der Waals surface area contributed by atoms with E-state index < -0.39 is 0 Å². The van der Waals surface area contributed by atoms with Crippen LogP contribution in [-0.2, 0) is 0 Å². The molecule has 14 heavy (non-hydrogen) atoms. The van der Waals surface area contributed by atoms with Crippen LogP contribution in [0.15, 0.2) is 10.2 Å². The quantitative estimate of drug-likeness (QED) is 0.277. The predicted octanol–water partition coefficient (Wildman–Crippen LogP) is 4.04. The summed E-state index contributed by atoms with van der Waals surface area (Å²) in [7, 11) is 1.62. The van der Waals surface area contributed by atoms with Gasteiger partial charge in [0.25, 0.3) is 0 Å². The second-order valence-electron chi connectivity index (χ2n) is 3.64. The minimum Gasteiger partial charge on any atom is -0.285 e. The third-order valence-electron chi connectivity index (χ3n) is 2.49. The largest absolute Gasteiger partial charge is 0.285 e. The summed E-state index contributed by atoms with van der Waals surface area (Å²) >= 11 is 0. The first-order valence-electron chi connectivity index (χ1n) is 5.64. The fourth-order valence-corrected chi connectivity index (χ4v) is 1.54. The molecule has 0 aromatic heterocycles. The third kappa shape index (κ3) is 5.84. The molecule has 1 unspecified atom stereocenters. The SMILES string of the molecule is CCCCCCC(CC)C(=N)/N=N\C. The van der Waals surface area contributed by atoms with Gasteiger partial charge in [-0.05, 0) is 12.8 Å². The average Bonchev–Trinajstić information content (AvgIpc) is 2.18. The fraction of sp³-hybridized carbons (Fsp3) is 0.909. The van der Waals surface area contributed by atoms with Gasteiger partial charge in [0.05, 0.1) is 0 Å². The molecule has 0 aromatic rings. The van der Waals surface area contributed by atoms with Crippen molar-refractivity contribution in [2.75, 3.05) is 7.05 Å². The molecule has 0 heterocycles. The van der Waals surface area contributed by atoms with Crippen LogP contribution in [0.3, 0.4) is 0 Å². The summed E-state index contributed by atoms with van der Waals surface area (Å²) in [6, 6.07) is 0. The van der Waals surface area contributed by atoms with E-state index in [4.69, 9.17) is 5.41 Å². The molecular formula is C11H23N3. The van der Waals surface area contributed by atoms with Crippen molar-refractivity contribution in [2.45, 2.75) is 52.4 Å². The van der Waals surface area contributed by atoms with E-state index in [0.29, 0.717) is 11.8 Å². The van der Waals surface area contributed by atoms with Crippen molar-refractivity contribution in [1.29, 1.82) is 5.41 Å². The lowest BCUT2D eigenvalue weighted by atomic mass is 9.97. The topological polar surface area (TPSA) is 48.6 Å². The van der Waals surface area contributed by atoms with Crippen LogP contribution in [0.2, 0.25) is 0 Å². The Morgan fingerprint density at radius 1 is 1.21 bits per heavy atom. The van der Waals surface area contributed by atoms with Crippen molar-refractivity contribution < 1.29 is 0 Å². The Labute approximate surface area is 87.5 Å². The van der Waals surface area contributed by atoms with Crippen LogP contribution in [0.25, 0.3) is 0 Å². The lowest BCUT2D eigenvalue weighted by molar-refractivity contribution is 0.535. The maximum atomic E-state index is 7.67. The van der Waals surface area contributed by atoms with Gasteiger partial charge in [-0.25, -0.2) is 0 Å². The first-order chi connectivity index (χ1) is 6.76. The number of hydrogen-bond donors (Lipinski definition) is 1. The van der Waals surface area contributed by atoms with Gasteiger partial charge in [0.1, 0.15) is 5.84 Å². The Balaban J connectivity index is 3.73. The Morgan fingerprint density at radius 3 is 2.43 bits per heavy atom. The van der Waals surface area contributed by atoms with E-state index in [1.165, 1.54) is 25.7 Å². The van der Waals surface area contributed by atoms with Crippen molar-refractivity contribution in [1.82, 2.24) is 0 Å². The van der Waals surface area contributed by atoms with Crippen LogP contribution in [0.4, 0.5) is 0 Å². The van der Waals surface area contributed by atoms with Crippen molar-refractivity contribution in [3.05, 3.63) is 0 Å². The van der Waals surface area contributed by atoms with Crippen molar-refractivity contribution in [3.8, 4) is 0 Å². The molecule has 0 bridgehead atoms. The molecule has 1 atom stereocenters. The maximum Gasteiger partial charge on any atom is 0.146 e. The monoisotopic (exact) mass is 197 g/mol. The molecule has 3 nitrogen and oxygen atoms in total. The van der Waals surface area contributed by atoms with Crippen molar-refractivity contribution >= 4 is 5.84 Å². The highest BCUT2D eigenvalue weighted by Crippen LogP contribution is 2.16. The molecule has 0 amide bonds. The molecule has 0 aliphatic heterocycles. The average molecular weight is 197 g/mol. The minimum absolute atomic E-state index is 0.315. The standard InChI is InChI=1S/C11H23N3/c1-4-6-7-8-9-10(5-2)11(12)14-13-3/h10,12H,4-9H2,1-3H3/b12-11?,14-13-. The van der Waals surface area contributed by atoms with Gasteiger partial charge in [-0.2, -0.15) is 5.11 Å². The second-order valence-corrected chi connectivity index (χ2v) is 3.64. The molecule has 0 saturated carbocycles. The summed E-state index contributed by atoms with van der Waals surface area (Å²) in [5.74, 6) is 0.766. The zero-order chi connectivity index (χ0) is 10.8. The van der Waals surface area contributed by atoms with Crippen molar-refractivity contribution in [2.24, 2.45) is 16.1 Å². The number of unbranched alkanes of at least 4 members (excludes halogenated alkanes) is 3. The molecule has 3 heteroatoms. The molecule has 82 valence electrons. The van der Waals surface area contributed by atoms with E-state index in [9.17, 15) is 0 Å². The van der Waals surface area contributed by atoms with Gasteiger partial charge < -0.3 is 0 Å². The zero-order valence-electron chi connectivity index (χ0n) is 9.71. The van der Waals surface area contributed by atoms with E-state index in [1.807, 2.05) is 0 Å². The highest BCUT2D eigenvalue weighted by atomic mass is 15.1. The van der Waals surface area contributed by atoms with Crippen LogP contribution in [0.1, 0.15) is 52.4 Å². The molecule has 1 N–H and O–H groups in total. The molecule has 0 aromatic carbocycles. The van der Waals surface area contributed by atoms with E-state index in [-0.39, 0.29) is 0 Å². The normalized spacial score (nSPS) is 13.4. The number of rotatable bonds is 7. The summed E-state index contributed by atoms with van der Waals surface area (Å²) in [5.41, 5.74) is 0. The number of amidine groups is 1. The first kappa shape index (κ1) is 13.3. The molecule has 0 aliphatic rings. The summed E-state index contributed by atoms with van der Waals surface area (Å²) in [5, 5.41) is 15.1. The molecule has 0 rings (SSSR count). The molecular weight excluding hydrogens is 174 g/mol. The molecule has 0 radical (unpaired) electrons. The third-order valence-corrected chi connectivity index (χ3v) is 2.49. The number of hydrogen-bond acceptors (Lipinski definition) is 2. The highest BCUT2D eigenvalue weighted by molar-refractivity contribution is 5.81. The van der Waals surface area contributed by atoms with Crippen LogP contribution in [-0.4, -0.2) is 12.9 Å². The Morgan fingerprint density at radius 2 is 1.93 bits per heavy atom. The lowest BCUT2D eigenvalue weighted by Crippen LogP contribution is -2.09. The molecule has 0 saturated heterocycles. The van der Waals surface area contributed by atoms with Gasteiger partial charge in [0.15, 0.2) is 0 Å². The predicted molar refractivity (Wildman–Crippen MR) is 61.0 cm³/mol. The Bertz CT molecular complexity index is 175. The Kier molecular flexibility index (Phi) is 8.39. The van der Waals surface area contributed by atoms with Gasteiger partial charge in [0.2, 0.25) is 0 Å². The summed E-state index contributed by atoms with van der Waals surface area (Å²) in [6.07, 6.45) is 7.16. The van der Waals surface area contributed by atoms with E-state index in [2.05, 4.69) is 24.1 Å². The summed E-state index contributed by atoms with van der Waals surface area (Å²) < 4.78 is 0.